The third-order valence-corrected chi connectivity index (χ3v) is 6.24. The van der Waals surface area contributed by atoms with E-state index in [1.807, 2.05) is 0 Å². The highest BCUT2D eigenvalue weighted by molar-refractivity contribution is 4.99. The quantitative estimate of drug-likeness (QED) is 0.484. The molecule has 0 N–H and O–H groups in total. The van der Waals surface area contributed by atoms with Gasteiger partial charge in [-0.2, -0.15) is 0 Å². The summed E-state index contributed by atoms with van der Waals surface area (Å²) in [6.45, 7) is 20.9. The Kier molecular flexibility index (Phi) is 4.31. The average Bonchev–Trinajstić information content (AvgIpc) is 3.11. The molecular formula is C18H36. The smallest absolute Gasteiger partial charge is 0.0297 e. The van der Waals surface area contributed by atoms with Crippen LogP contribution >= 0.6 is 0 Å². The fraction of sp³-hybridized carbons (Fsp3) is 1.00. The molecule has 0 heterocycles. The van der Waals surface area contributed by atoms with Crippen LogP contribution < -0.4 is 0 Å². The molecule has 3 aliphatic carbocycles. The fourth-order valence-corrected chi connectivity index (χ4v) is 2.17. The van der Waals surface area contributed by atoms with Gasteiger partial charge in [-0.1, -0.05) is 62.3 Å². The highest BCUT2D eigenvalue weighted by Gasteiger charge is 2.50. The van der Waals surface area contributed by atoms with E-state index in [-0.39, 0.29) is 0 Å². The van der Waals surface area contributed by atoms with E-state index in [4.69, 9.17) is 0 Å². The Hall–Kier alpha value is 0. The first-order valence-corrected chi connectivity index (χ1v) is 7.90. The van der Waals surface area contributed by atoms with Crippen molar-refractivity contribution in [2.45, 2.75) is 81.6 Å². The molecule has 0 aromatic heterocycles. The van der Waals surface area contributed by atoms with Crippen LogP contribution in [-0.2, 0) is 0 Å². The Morgan fingerprint density at radius 1 is 0.722 bits per heavy atom. The van der Waals surface area contributed by atoms with Crippen LogP contribution in [0.2, 0.25) is 0 Å². The molecule has 0 saturated heterocycles. The Morgan fingerprint density at radius 3 is 0.889 bits per heavy atom. The van der Waals surface area contributed by atoms with Crippen LogP contribution in [0.15, 0.2) is 0 Å². The van der Waals surface area contributed by atoms with Crippen LogP contribution in [0.3, 0.4) is 0 Å². The molecule has 0 amide bonds. The van der Waals surface area contributed by atoms with Gasteiger partial charge in [-0.25, -0.2) is 0 Å². The molecule has 18 heavy (non-hydrogen) atoms. The third kappa shape index (κ3) is 4.59. The zero-order valence-corrected chi connectivity index (χ0v) is 14.4. The van der Waals surface area contributed by atoms with Crippen LogP contribution in [-0.4, -0.2) is 0 Å². The van der Waals surface area contributed by atoms with Gasteiger partial charge < -0.3 is 0 Å². The van der Waals surface area contributed by atoms with Gasteiger partial charge in [-0.05, 0) is 53.3 Å². The van der Waals surface area contributed by atoms with E-state index in [0.717, 1.165) is 23.2 Å². The Balaban J connectivity index is 0.000000137. The van der Waals surface area contributed by atoms with Gasteiger partial charge in [-0.15, -0.1) is 0 Å². The second-order valence-electron chi connectivity index (χ2n) is 9.16. The summed E-state index contributed by atoms with van der Waals surface area (Å²) in [7, 11) is 0. The monoisotopic (exact) mass is 252 g/mol. The summed E-state index contributed by atoms with van der Waals surface area (Å²) in [6.07, 6.45) is 4.34. The molecule has 0 nitrogen and oxygen atoms in total. The molecular weight excluding hydrogens is 216 g/mol. The average molecular weight is 252 g/mol. The van der Waals surface area contributed by atoms with Gasteiger partial charge in [0.25, 0.3) is 0 Å². The summed E-state index contributed by atoms with van der Waals surface area (Å²) in [6, 6.07) is 0. The lowest BCUT2D eigenvalue weighted by atomic mass is 10.1. The lowest BCUT2D eigenvalue weighted by Gasteiger charge is -1.94. The van der Waals surface area contributed by atoms with Gasteiger partial charge in [0.2, 0.25) is 0 Å². The van der Waals surface area contributed by atoms with Crippen molar-refractivity contribution in [2.24, 2.45) is 34.0 Å². The SMILES string of the molecule is CC1(C)CC1.CC1C(C)C1(C)C.CC1CC1(C)C. The maximum Gasteiger partial charge on any atom is -0.0297 e. The van der Waals surface area contributed by atoms with Crippen molar-refractivity contribution < 1.29 is 0 Å². The summed E-state index contributed by atoms with van der Waals surface area (Å²) >= 11 is 0. The molecule has 3 fully saturated rings. The summed E-state index contributed by atoms with van der Waals surface area (Å²) in [5, 5.41) is 0. The maximum absolute atomic E-state index is 2.34. The summed E-state index contributed by atoms with van der Waals surface area (Å²) in [5.41, 5.74) is 2.12. The first kappa shape index (κ1) is 16.1. The molecule has 0 spiro atoms. The minimum atomic E-state index is 0.667. The standard InChI is InChI=1S/C7H14.C6H12.C5H10/c1-5-6(2)7(5,3)4;1-5-4-6(5,2)3;1-5(2)3-4-5/h5-6H,1-4H3;5H,4H2,1-3H3;3-4H2,1-2H3. The van der Waals surface area contributed by atoms with Crippen molar-refractivity contribution in [1.82, 2.24) is 0 Å². The zero-order chi connectivity index (χ0) is 14.4. The topological polar surface area (TPSA) is 0 Å². The second-order valence-corrected chi connectivity index (χ2v) is 9.16. The lowest BCUT2D eigenvalue weighted by Crippen LogP contribution is -1.85. The van der Waals surface area contributed by atoms with Crippen molar-refractivity contribution in [3.63, 3.8) is 0 Å². The molecule has 0 aromatic carbocycles. The molecule has 0 radical (unpaired) electrons. The van der Waals surface area contributed by atoms with Crippen molar-refractivity contribution in [3.8, 4) is 0 Å². The maximum atomic E-state index is 2.34. The van der Waals surface area contributed by atoms with Crippen molar-refractivity contribution in [3.05, 3.63) is 0 Å². The van der Waals surface area contributed by atoms with Crippen LogP contribution in [0.1, 0.15) is 81.6 Å². The predicted octanol–water partition coefficient (Wildman–Crippen LogP) is 6.16. The third-order valence-electron chi connectivity index (χ3n) is 6.24. The van der Waals surface area contributed by atoms with Crippen molar-refractivity contribution >= 4 is 0 Å². The normalized spacial score (nSPS) is 39.5. The largest absolute Gasteiger partial charge is 0.0620 e. The molecule has 108 valence electrons. The summed E-state index contributed by atoms with van der Waals surface area (Å²) in [4.78, 5) is 0. The molecule has 3 unspecified atom stereocenters. The highest BCUT2D eigenvalue weighted by Crippen LogP contribution is 2.57. The van der Waals surface area contributed by atoms with Gasteiger partial charge in [0.1, 0.15) is 0 Å². The number of rotatable bonds is 0. The molecule has 3 atom stereocenters. The van der Waals surface area contributed by atoms with E-state index in [1.54, 1.807) is 0 Å². The Labute approximate surface area is 116 Å². The Bertz CT molecular complexity index is 266. The zero-order valence-electron chi connectivity index (χ0n) is 14.4. The molecule has 0 bridgehead atoms. The first-order chi connectivity index (χ1) is 7.90. The van der Waals surface area contributed by atoms with E-state index >= 15 is 0 Å². The summed E-state index contributed by atoms with van der Waals surface area (Å²) < 4.78 is 0. The number of hydrogen-bond acceptors (Lipinski definition) is 0. The van der Waals surface area contributed by atoms with E-state index in [9.17, 15) is 0 Å². The second kappa shape index (κ2) is 4.84. The van der Waals surface area contributed by atoms with Crippen molar-refractivity contribution in [2.75, 3.05) is 0 Å². The van der Waals surface area contributed by atoms with Gasteiger partial charge in [0.05, 0.1) is 0 Å². The Morgan fingerprint density at radius 2 is 0.889 bits per heavy atom. The van der Waals surface area contributed by atoms with Gasteiger partial charge in [0, 0.05) is 0 Å². The minimum absolute atomic E-state index is 0.667. The molecule has 0 aromatic rings. The fourth-order valence-electron chi connectivity index (χ4n) is 2.17. The van der Waals surface area contributed by atoms with E-state index in [2.05, 4.69) is 62.3 Å². The van der Waals surface area contributed by atoms with Gasteiger partial charge in [-0.3, -0.25) is 0 Å². The summed E-state index contributed by atoms with van der Waals surface area (Å²) in [5.74, 6) is 2.93. The predicted molar refractivity (Wildman–Crippen MR) is 82.7 cm³/mol. The van der Waals surface area contributed by atoms with Gasteiger partial charge >= 0.3 is 0 Å². The highest BCUT2D eigenvalue weighted by atomic mass is 14.6. The van der Waals surface area contributed by atoms with Crippen LogP contribution in [0.25, 0.3) is 0 Å². The van der Waals surface area contributed by atoms with Crippen LogP contribution in [0.5, 0.6) is 0 Å². The lowest BCUT2D eigenvalue weighted by molar-refractivity contribution is 0.559. The van der Waals surface area contributed by atoms with Gasteiger partial charge in [0.15, 0.2) is 0 Å². The van der Waals surface area contributed by atoms with E-state index in [0.29, 0.717) is 10.8 Å². The molecule has 3 aliphatic rings. The molecule has 0 heteroatoms. The minimum Gasteiger partial charge on any atom is -0.0620 e. The van der Waals surface area contributed by atoms with E-state index in [1.165, 1.54) is 19.3 Å². The van der Waals surface area contributed by atoms with E-state index < -0.39 is 0 Å². The molecule has 3 saturated carbocycles. The molecule has 3 rings (SSSR count). The van der Waals surface area contributed by atoms with Crippen LogP contribution in [0.4, 0.5) is 0 Å². The van der Waals surface area contributed by atoms with Crippen molar-refractivity contribution in [1.29, 1.82) is 0 Å². The molecule has 0 aliphatic heterocycles. The number of hydrogen-bond donors (Lipinski definition) is 0. The first-order valence-electron chi connectivity index (χ1n) is 7.90. The van der Waals surface area contributed by atoms with Crippen LogP contribution in [0, 0.1) is 34.0 Å².